The SMILES string of the molecule is CCCNC1c2ccc3c(c2OCC1C)OC(C)(C)C3. The van der Waals surface area contributed by atoms with Crippen LogP contribution in [-0.4, -0.2) is 18.8 Å². The van der Waals surface area contributed by atoms with Crippen molar-refractivity contribution in [2.24, 2.45) is 5.92 Å². The molecule has 2 aliphatic rings. The van der Waals surface area contributed by atoms with E-state index in [1.807, 2.05) is 0 Å². The van der Waals surface area contributed by atoms with Gasteiger partial charge in [0.2, 0.25) is 0 Å². The van der Waals surface area contributed by atoms with Crippen molar-refractivity contribution >= 4 is 0 Å². The maximum Gasteiger partial charge on any atom is 0.166 e. The summed E-state index contributed by atoms with van der Waals surface area (Å²) in [4.78, 5) is 0. The van der Waals surface area contributed by atoms with Crippen LogP contribution in [0.5, 0.6) is 11.5 Å². The summed E-state index contributed by atoms with van der Waals surface area (Å²) >= 11 is 0. The van der Waals surface area contributed by atoms with Gasteiger partial charge in [-0.25, -0.2) is 0 Å². The van der Waals surface area contributed by atoms with Gasteiger partial charge in [-0.1, -0.05) is 26.0 Å². The molecule has 110 valence electrons. The van der Waals surface area contributed by atoms with Gasteiger partial charge in [-0.3, -0.25) is 0 Å². The highest BCUT2D eigenvalue weighted by Gasteiger charge is 2.37. The molecule has 0 saturated heterocycles. The van der Waals surface area contributed by atoms with E-state index in [4.69, 9.17) is 9.47 Å². The second-order valence-corrected chi connectivity index (χ2v) is 6.73. The smallest absolute Gasteiger partial charge is 0.166 e. The van der Waals surface area contributed by atoms with E-state index in [1.54, 1.807) is 0 Å². The Balaban J connectivity index is 1.97. The van der Waals surface area contributed by atoms with E-state index in [-0.39, 0.29) is 5.60 Å². The van der Waals surface area contributed by atoms with Crippen molar-refractivity contribution in [2.45, 2.75) is 52.2 Å². The van der Waals surface area contributed by atoms with Crippen LogP contribution in [0.15, 0.2) is 12.1 Å². The average molecular weight is 275 g/mol. The number of ether oxygens (including phenoxy) is 2. The van der Waals surface area contributed by atoms with Gasteiger partial charge in [0.05, 0.1) is 6.61 Å². The molecular weight excluding hydrogens is 250 g/mol. The Labute approximate surface area is 121 Å². The number of benzene rings is 1. The minimum Gasteiger partial charge on any atom is -0.489 e. The molecule has 0 saturated carbocycles. The van der Waals surface area contributed by atoms with Crippen molar-refractivity contribution in [2.75, 3.05) is 13.2 Å². The number of nitrogens with one attached hydrogen (secondary N) is 1. The van der Waals surface area contributed by atoms with Gasteiger partial charge < -0.3 is 14.8 Å². The molecule has 2 atom stereocenters. The summed E-state index contributed by atoms with van der Waals surface area (Å²) in [5.41, 5.74) is 2.42. The van der Waals surface area contributed by atoms with Crippen LogP contribution < -0.4 is 14.8 Å². The topological polar surface area (TPSA) is 30.5 Å². The largest absolute Gasteiger partial charge is 0.489 e. The molecule has 1 aromatic carbocycles. The molecule has 0 bridgehead atoms. The van der Waals surface area contributed by atoms with E-state index in [9.17, 15) is 0 Å². The standard InChI is InChI=1S/C17H25NO2/c1-5-8-18-14-11(2)10-19-16-13(14)7-6-12-9-17(3,4)20-15(12)16/h6-7,11,14,18H,5,8-10H2,1-4H3. The first kappa shape index (κ1) is 13.7. The van der Waals surface area contributed by atoms with E-state index < -0.39 is 0 Å². The van der Waals surface area contributed by atoms with Crippen LogP contribution in [0.1, 0.15) is 51.3 Å². The van der Waals surface area contributed by atoms with Gasteiger partial charge in [-0.2, -0.15) is 0 Å². The molecule has 3 heteroatoms. The molecule has 3 rings (SSSR count). The molecule has 0 aromatic heterocycles. The van der Waals surface area contributed by atoms with Gasteiger partial charge in [0.1, 0.15) is 5.60 Å². The Morgan fingerprint density at radius 2 is 2.10 bits per heavy atom. The molecule has 1 N–H and O–H groups in total. The van der Waals surface area contributed by atoms with Gasteiger partial charge >= 0.3 is 0 Å². The lowest BCUT2D eigenvalue weighted by Crippen LogP contribution is -2.34. The Kier molecular flexibility index (Phi) is 3.41. The lowest BCUT2D eigenvalue weighted by atomic mass is 9.90. The van der Waals surface area contributed by atoms with E-state index in [0.717, 1.165) is 37.5 Å². The highest BCUT2D eigenvalue weighted by molar-refractivity contribution is 5.56. The monoisotopic (exact) mass is 275 g/mol. The van der Waals surface area contributed by atoms with Crippen molar-refractivity contribution in [3.05, 3.63) is 23.3 Å². The first-order chi connectivity index (χ1) is 9.52. The van der Waals surface area contributed by atoms with Gasteiger partial charge in [-0.15, -0.1) is 0 Å². The minimum absolute atomic E-state index is 0.115. The van der Waals surface area contributed by atoms with E-state index >= 15 is 0 Å². The molecule has 2 aliphatic heterocycles. The third kappa shape index (κ3) is 2.28. The Morgan fingerprint density at radius 1 is 1.30 bits per heavy atom. The zero-order chi connectivity index (χ0) is 14.3. The van der Waals surface area contributed by atoms with E-state index in [1.165, 1.54) is 11.1 Å². The Hall–Kier alpha value is -1.22. The summed E-state index contributed by atoms with van der Waals surface area (Å²) in [7, 11) is 0. The number of rotatable bonds is 3. The van der Waals surface area contributed by atoms with E-state index in [2.05, 4.69) is 45.1 Å². The molecule has 3 nitrogen and oxygen atoms in total. The van der Waals surface area contributed by atoms with Crippen molar-refractivity contribution < 1.29 is 9.47 Å². The Morgan fingerprint density at radius 3 is 2.85 bits per heavy atom. The molecule has 0 spiro atoms. The molecule has 1 aromatic rings. The first-order valence-corrected chi connectivity index (χ1v) is 7.73. The van der Waals surface area contributed by atoms with Gasteiger partial charge in [0.25, 0.3) is 0 Å². The van der Waals surface area contributed by atoms with Crippen LogP contribution >= 0.6 is 0 Å². The molecule has 20 heavy (non-hydrogen) atoms. The third-order valence-corrected chi connectivity index (χ3v) is 4.23. The maximum atomic E-state index is 6.13. The Bertz CT molecular complexity index is 510. The first-order valence-electron chi connectivity index (χ1n) is 7.73. The molecule has 0 fully saturated rings. The predicted molar refractivity (Wildman–Crippen MR) is 80.5 cm³/mol. The second-order valence-electron chi connectivity index (χ2n) is 6.73. The normalized spacial score (nSPS) is 26.4. The summed E-state index contributed by atoms with van der Waals surface area (Å²) in [6.07, 6.45) is 2.11. The molecule has 2 heterocycles. The van der Waals surface area contributed by atoms with Crippen molar-refractivity contribution in [1.82, 2.24) is 5.32 Å². The molecule has 0 radical (unpaired) electrons. The fourth-order valence-electron chi connectivity index (χ4n) is 3.26. The fraction of sp³-hybridized carbons (Fsp3) is 0.647. The highest BCUT2D eigenvalue weighted by atomic mass is 16.5. The summed E-state index contributed by atoms with van der Waals surface area (Å²) in [5, 5.41) is 3.65. The van der Waals surface area contributed by atoms with Crippen LogP contribution in [0.25, 0.3) is 0 Å². The molecular formula is C17H25NO2. The molecule has 0 aliphatic carbocycles. The van der Waals surface area contributed by atoms with Crippen molar-refractivity contribution in [3.63, 3.8) is 0 Å². The lowest BCUT2D eigenvalue weighted by molar-refractivity contribution is 0.123. The number of hydrogen-bond donors (Lipinski definition) is 1. The highest BCUT2D eigenvalue weighted by Crippen LogP contribution is 2.48. The zero-order valence-electron chi connectivity index (χ0n) is 13.0. The van der Waals surface area contributed by atoms with Gasteiger partial charge in [0, 0.05) is 29.5 Å². The van der Waals surface area contributed by atoms with Crippen molar-refractivity contribution in [3.8, 4) is 11.5 Å². The zero-order valence-corrected chi connectivity index (χ0v) is 13.0. The van der Waals surface area contributed by atoms with Gasteiger partial charge in [-0.05, 0) is 26.8 Å². The van der Waals surface area contributed by atoms with Gasteiger partial charge in [0.15, 0.2) is 11.5 Å². The van der Waals surface area contributed by atoms with Crippen LogP contribution in [0, 0.1) is 5.92 Å². The van der Waals surface area contributed by atoms with Crippen LogP contribution in [0.4, 0.5) is 0 Å². The number of hydrogen-bond acceptors (Lipinski definition) is 3. The number of fused-ring (bicyclic) bond motifs is 3. The summed E-state index contributed by atoms with van der Waals surface area (Å²) in [5.74, 6) is 2.43. The predicted octanol–water partition coefficient (Wildman–Crippen LogP) is 3.47. The van der Waals surface area contributed by atoms with E-state index in [0.29, 0.717) is 12.0 Å². The summed E-state index contributed by atoms with van der Waals surface area (Å²) < 4.78 is 12.1. The average Bonchev–Trinajstić information content (AvgIpc) is 2.71. The lowest BCUT2D eigenvalue weighted by Gasteiger charge is -2.33. The molecule has 0 amide bonds. The molecule has 2 unspecified atom stereocenters. The summed E-state index contributed by atoms with van der Waals surface area (Å²) in [6, 6.07) is 4.81. The fourth-order valence-corrected chi connectivity index (χ4v) is 3.26. The second kappa shape index (κ2) is 4.96. The third-order valence-electron chi connectivity index (χ3n) is 4.23. The summed E-state index contributed by atoms with van der Waals surface area (Å²) in [6.45, 7) is 10.5. The van der Waals surface area contributed by atoms with Crippen molar-refractivity contribution in [1.29, 1.82) is 0 Å². The van der Waals surface area contributed by atoms with Crippen LogP contribution in [0.3, 0.4) is 0 Å². The maximum absolute atomic E-state index is 6.13. The minimum atomic E-state index is -0.115. The van der Waals surface area contributed by atoms with Crippen LogP contribution in [0.2, 0.25) is 0 Å². The van der Waals surface area contributed by atoms with Crippen LogP contribution in [-0.2, 0) is 6.42 Å². The quantitative estimate of drug-likeness (QED) is 0.916.